The minimum Gasteiger partial charge on any atom is -0.441 e. The fourth-order valence-electron chi connectivity index (χ4n) is 6.37. The highest BCUT2D eigenvalue weighted by Crippen LogP contribution is 2.35. The average molecular weight is 626 g/mol. The first-order valence-electron chi connectivity index (χ1n) is 14.9. The molecule has 2 aromatic carbocycles. The van der Waals surface area contributed by atoms with Gasteiger partial charge in [-0.25, -0.2) is 4.79 Å². The Morgan fingerprint density at radius 3 is 2.14 bits per heavy atom. The van der Waals surface area contributed by atoms with Crippen molar-refractivity contribution >= 4 is 29.1 Å². The van der Waals surface area contributed by atoms with Gasteiger partial charge in [0.05, 0.1) is 17.0 Å². The lowest BCUT2D eigenvalue weighted by Gasteiger charge is -2.37. The summed E-state index contributed by atoms with van der Waals surface area (Å²) >= 11 is 1.46. The summed E-state index contributed by atoms with van der Waals surface area (Å²) in [6.45, 7) is 3.84. The number of ether oxygens (including phenoxy) is 1. The molecule has 0 bridgehead atoms. The third-order valence-electron chi connectivity index (χ3n) is 8.99. The highest BCUT2D eigenvalue weighted by Gasteiger charge is 2.46. The summed E-state index contributed by atoms with van der Waals surface area (Å²) in [5.74, 6) is 0.0680. The molecular weight excluding hydrogens is 591 g/mol. The summed E-state index contributed by atoms with van der Waals surface area (Å²) in [5.41, 5.74) is 1.07. The Morgan fingerprint density at radius 2 is 1.52 bits per heavy atom. The van der Waals surface area contributed by atoms with Crippen LogP contribution in [-0.2, 0) is 24.0 Å². The lowest BCUT2D eigenvalue weighted by atomic mass is 9.91. The second-order valence-corrected chi connectivity index (χ2v) is 12.9. The first-order chi connectivity index (χ1) is 21.1. The summed E-state index contributed by atoms with van der Waals surface area (Å²) in [7, 11) is 0. The Bertz CT molecular complexity index is 1480. The second-order valence-electron chi connectivity index (χ2n) is 12.0. The zero-order valence-corrected chi connectivity index (χ0v) is 25.0. The summed E-state index contributed by atoms with van der Waals surface area (Å²) in [6, 6.07) is 16.3. The average Bonchev–Trinajstić information content (AvgIpc) is 3.66. The molecule has 11 heteroatoms. The van der Waals surface area contributed by atoms with E-state index >= 15 is 0 Å². The molecule has 3 aliphatic rings. The number of carbonyl (C=O) groups excluding carboxylic acids is 3. The predicted molar refractivity (Wildman–Crippen MR) is 159 cm³/mol. The van der Waals surface area contributed by atoms with Crippen LogP contribution in [0.5, 0.6) is 0 Å². The minimum absolute atomic E-state index is 0.0464. The Labute approximate surface area is 258 Å². The van der Waals surface area contributed by atoms with Crippen molar-refractivity contribution in [3.8, 4) is 0 Å². The molecule has 0 unspecified atom stereocenters. The van der Waals surface area contributed by atoms with E-state index in [4.69, 9.17) is 4.74 Å². The van der Waals surface area contributed by atoms with E-state index in [1.807, 2.05) is 29.6 Å². The van der Waals surface area contributed by atoms with Crippen LogP contribution >= 0.6 is 11.3 Å². The zero-order valence-electron chi connectivity index (χ0n) is 24.2. The zero-order chi connectivity index (χ0) is 30.9. The molecule has 3 fully saturated rings. The van der Waals surface area contributed by atoms with E-state index in [0.29, 0.717) is 77.1 Å². The molecule has 4 heterocycles. The Hall–Kier alpha value is -3.70. The maximum absolute atomic E-state index is 13.1. The Morgan fingerprint density at radius 1 is 0.886 bits per heavy atom. The van der Waals surface area contributed by atoms with Gasteiger partial charge in [-0.3, -0.25) is 19.4 Å². The number of piperidine rings is 2. The molecular formula is C33H34F3N3O4S. The first kappa shape index (κ1) is 30.3. The minimum atomic E-state index is -4.35. The van der Waals surface area contributed by atoms with Gasteiger partial charge < -0.3 is 9.64 Å². The molecule has 2 amide bonds. The molecule has 3 saturated heterocycles. The normalized spacial score (nSPS) is 19.4. The molecule has 44 heavy (non-hydrogen) atoms. The third kappa shape index (κ3) is 6.68. The summed E-state index contributed by atoms with van der Waals surface area (Å²) in [5, 5.41) is 1.90. The fraction of sp³-hybridized carbons (Fsp3) is 0.424. The van der Waals surface area contributed by atoms with Crippen LogP contribution in [-0.4, -0.2) is 70.8 Å². The van der Waals surface area contributed by atoms with Gasteiger partial charge in [-0.1, -0.05) is 30.3 Å². The molecule has 0 radical (unpaired) electrons. The van der Waals surface area contributed by atoms with Gasteiger partial charge in [0.15, 0.2) is 5.78 Å². The molecule has 1 spiro atoms. The molecule has 6 rings (SSSR count). The summed E-state index contributed by atoms with van der Waals surface area (Å²) in [6.07, 6.45) is -2.09. The van der Waals surface area contributed by atoms with E-state index in [2.05, 4.69) is 4.90 Å². The maximum atomic E-state index is 13.1. The lowest BCUT2D eigenvalue weighted by Crippen LogP contribution is -2.46. The van der Waals surface area contributed by atoms with Crippen molar-refractivity contribution in [2.75, 3.05) is 32.7 Å². The molecule has 0 N–H and O–H groups in total. The quantitative estimate of drug-likeness (QED) is 0.281. The largest absolute Gasteiger partial charge is 0.441 e. The van der Waals surface area contributed by atoms with Crippen LogP contribution in [0.1, 0.15) is 62.4 Å². The van der Waals surface area contributed by atoms with Crippen molar-refractivity contribution in [1.82, 2.24) is 14.7 Å². The molecule has 3 aromatic rings. The Balaban J connectivity index is 0.973. The van der Waals surface area contributed by atoms with Gasteiger partial charge in [0, 0.05) is 63.6 Å². The van der Waals surface area contributed by atoms with E-state index in [1.54, 1.807) is 21.9 Å². The number of nitrogens with zero attached hydrogens (tertiary/aromatic N) is 3. The van der Waals surface area contributed by atoms with Crippen LogP contribution in [0, 0.1) is 5.92 Å². The van der Waals surface area contributed by atoms with Crippen molar-refractivity contribution < 1.29 is 32.3 Å². The number of Topliss-reactive ketones (excluding diaryl/α,β-unsaturated/α-hetero) is 1. The number of thiophene rings is 1. The second kappa shape index (κ2) is 12.4. The lowest BCUT2D eigenvalue weighted by molar-refractivity contribution is -0.137. The van der Waals surface area contributed by atoms with Crippen LogP contribution in [0.25, 0.3) is 0 Å². The van der Waals surface area contributed by atoms with E-state index in [1.165, 1.54) is 23.5 Å². The number of benzene rings is 2. The number of hydrogen-bond donors (Lipinski definition) is 0. The third-order valence-corrected chi connectivity index (χ3v) is 9.87. The number of ketones is 1. The van der Waals surface area contributed by atoms with Crippen LogP contribution in [0.2, 0.25) is 0 Å². The number of halogens is 3. The van der Waals surface area contributed by atoms with Crippen molar-refractivity contribution in [3.63, 3.8) is 0 Å². The molecule has 7 nitrogen and oxygen atoms in total. The Kier molecular flexibility index (Phi) is 8.52. The van der Waals surface area contributed by atoms with Crippen molar-refractivity contribution in [3.05, 3.63) is 93.2 Å². The van der Waals surface area contributed by atoms with Crippen LogP contribution < -0.4 is 0 Å². The van der Waals surface area contributed by atoms with E-state index in [0.717, 1.165) is 28.1 Å². The monoisotopic (exact) mass is 625 g/mol. The van der Waals surface area contributed by atoms with Crippen molar-refractivity contribution in [2.45, 2.75) is 50.6 Å². The van der Waals surface area contributed by atoms with Gasteiger partial charge in [0.2, 0.25) is 0 Å². The predicted octanol–water partition coefficient (Wildman–Crippen LogP) is 6.49. The van der Waals surface area contributed by atoms with Gasteiger partial charge in [-0.15, -0.1) is 11.3 Å². The fourth-order valence-corrected chi connectivity index (χ4v) is 7.12. The number of likely N-dealkylation sites (tertiary alicyclic amines) is 2. The number of amides is 2. The molecule has 0 atom stereocenters. The highest BCUT2D eigenvalue weighted by molar-refractivity contribution is 7.12. The van der Waals surface area contributed by atoms with E-state index < -0.39 is 17.3 Å². The maximum Gasteiger partial charge on any atom is 0.416 e. The van der Waals surface area contributed by atoms with Gasteiger partial charge >= 0.3 is 12.3 Å². The number of rotatable bonds is 7. The summed E-state index contributed by atoms with van der Waals surface area (Å²) in [4.78, 5) is 45.0. The molecule has 0 aliphatic carbocycles. The van der Waals surface area contributed by atoms with Gasteiger partial charge in [0.25, 0.3) is 5.91 Å². The molecule has 3 aliphatic heterocycles. The van der Waals surface area contributed by atoms with Crippen molar-refractivity contribution in [1.29, 1.82) is 0 Å². The van der Waals surface area contributed by atoms with Gasteiger partial charge in [-0.2, -0.15) is 13.2 Å². The van der Waals surface area contributed by atoms with Crippen LogP contribution in [0.15, 0.2) is 66.0 Å². The molecule has 1 aromatic heterocycles. The smallest absolute Gasteiger partial charge is 0.416 e. The highest BCUT2D eigenvalue weighted by atomic mass is 32.1. The topological polar surface area (TPSA) is 70.2 Å². The van der Waals surface area contributed by atoms with Gasteiger partial charge in [-0.05, 0) is 59.7 Å². The standard InChI is InChI=1S/C33H34F3N3O4S/c34-33(35,36)27-9-5-23(6-10-27)20-37-17-13-32(14-18-37)22-39(31(42)43-32)21-24-3-7-26(8-4-24)30(41)38-15-11-25(12-16-38)29(40)28-2-1-19-44-28/h1-10,19,25H,11-18,20-22H2. The van der Waals surface area contributed by atoms with Gasteiger partial charge in [0.1, 0.15) is 5.60 Å². The van der Waals surface area contributed by atoms with Crippen molar-refractivity contribution in [2.24, 2.45) is 5.92 Å². The number of carbonyl (C=O) groups is 3. The van der Waals surface area contributed by atoms with E-state index in [-0.39, 0.29) is 23.7 Å². The SMILES string of the molecule is O=C(c1cccs1)C1CCN(C(=O)c2ccc(CN3CC4(CCN(Cc5ccc(C(F)(F)F)cc5)CC4)OC3=O)cc2)CC1. The molecule has 232 valence electrons. The van der Waals surface area contributed by atoms with Crippen LogP contribution in [0.4, 0.5) is 18.0 Å². The summed E-state index contributed by atoms with van der Waals surface area (Å²) < 4.78 is 44.4. The van der Waals surface area contributed by atoms with Crippen LogP contribution in [0.3, 0.4) is 0 Å². The van der Waals surface area contributed by atoms with E-state index in [9.17, 15) is 27.6 Å². The number of hydrogen-bond acceptors (Lipinski definition) is 6. The number of alkyl halides is 3. The first-order valence-corrected chi connectivity index (χ1v) is 15.8. The molecule has 0 saturated carbocycles.